The summed E-state index contributed by atoms with van der Waals surface area (Å²) in [5, 5.41) is 10.5. The van der Waals surface area contributed by atoms with Gasteiger partial charge < -0.3 is 19.4 Å². The van der Waals surface area contributed by atoms with E-state index in [0.29, 0.717) is 24.0 Å². The number of H-pyrrole nitrogens is 1. The molecule has 1 fully saturated rings. The molecule has 1 saturated heterocycles. The first-order valence-corrected chi connectivity index (χ1v) is 9.31. The second-order valence-corrected chi connectivity index (χ2v) is 6.69. The maximum atomic E-state index is 5.32. The fraction of sp³-hybridized carbons (Fsp3) is 0.350. The summed E-state index contributed by atoms with van der Waals surface area (Å²) in [5.74, 6) is 4.18. The van der Waals surface area contributed by atoms with E-state index in [2.05, 4.69) is 42.5 Å². The summed E-state index contributed by atoms with van der Waals surface area (Å²) >= 11 is 0. The number of rotatable bonds is 5. The van der Waals surface area contributed by atoms with Crippen molar-refractivity contribution < 1.29 is 9.15 Å². The van der Waals surface area contributed by atoms with Gasteiger partial charge in [0.25, 0.3) is 0 Å². The Morgan fingerprint density at radius 1 is 1.36 bits per heavy atom. The molecule has 0 aliphatic carbocycles. The van der Waals surface area contributed by atoms with Crippen LogP contribution in [-0.2, 0) is 6.54 Å². The van der Waals surface area contributed by atoms with Crippen LogP contribution >= 0.6 is 0 Å². The number of hydrogen-bond donors (Lipinski definition) is 2. The SMILES string of the molecule is CN=C(NCc1nc(-c2ccco2)n[nH]1)N1CCC(c2ccc(OC)cc2)C1. The highest BCUT2D eigenvalue weighted by Crippen LogP contribution is 2.28. The minimum Gasteiger partial charge on any atom is -0.497 e. The van der Waals surface area contributed by atoms with Crippen LogP contribution in [0, 0.1) is 0 Å². The zero-order valence-corrected chi connectivity index (χ0v) is 16.1. The number of ether oxygens (including phenoxy) is 1. The molecule has 28 heavy (non-hydrogen) atoms. The molecule has 0 bridgehead atoms. The van der Waals surface area contributed by atoms with Crippen LogP contribution in [0.25, 0.3) is 11.6 Å². The van der Waals surface area contributed by atoms with E-state index >= 15 is 0 Å². The topological polar surface area (TPSA) is 91.6 Å². The molecule has 8 nitrogen and oxygen atoms in total. The number of methoxy groups -OCH3 is 1. The lowest BCUT2D eigenvalue weighted by atomic mass is 9.98. The van der Waals surface area contributed by atoms with E-state index in [1.807, 2.05) is 24.3 Å². The van der Waals surface area contributed by atoms with Crippen molar-refractivity contribution in [2.24, 2.45) is 4.99 Å². The van der Waals surface area contributed by atoms with Gasteiger partial charge in [0, 0.05) is 26.1 Å². The van der Waals surface area contributed by atoms with Crippen molar-refractivity contribution in [3.63, 3.8) is 0 Å². The van der Waals surface area contributed by atoms with Crippen molar-refractivity contribution in [3.05, 3.63) is 54.0 Å². The Hall–Kier alpha value is -3.29. The lowest BCUT2D eigenvalue weighted by molar-refractivity contribution is 0.414. The van der Waals surface area contributed by atoms with Crippen molar-refractivity contribution in [2.75, 3.05) is 27.2 Å². The predicted molar refractivity (Wildman–Crippen MR) is 106 cm³/mol. The summed E-state index contributed by atoms with van der Waals surface area (Å²) in [6, 6.07) is 12.0. The summed E-state index contributed by atoms with van der Waals surface area (Å²) in [5.41, 5.74) is 1.33. The van der Waals surface area contributed by atoms with Crippen molar-refractivity contribution in [2.45, 2.75) is 18.9 Å². The van der Waals surface area contributed by atoms with E-state index in [4.69, 9.17) is 9.15 Å². The highest BCUT2D eigenvalue weighted by atomic mass is 16.5. The molecule has 0 amide bonds. The first-order valence-electron chi connectivity index (χ1n) is 9.31. The van der Waals surface area contributed by atoms with Gasteiger partial charge in [-0.1, -0.05) is 12.1 Å². The zero-order valence-electron chi connectivity index (χ0n) is 16.1. The van der Waals surface area contributed by atoms with Gasteiger partial charge in [0.1, 0.15) is 11.6 Å². The van der Waals surface area contributed by atoms with E-state index in [9.17, 15) is 0 Å². The molecule has 0 saturated carbocycles. The standard InChI is InChI=1S/C20H24N6O2/c1-21-20(22-12-18-23-19(25-24-18)17-4-3-11-28-17)26-10-9-15(13-26)14-5-7-16(27-2)8-6-14/h3-8,11,15H,9-10,12-13H2,1-2H3,(H,21,22)(H,23,24,25). The molecule has 0 radical (unpaired) electrons. The number of furan rings is 1. The molecule has 146 valence electrons. The van der Waals surface area contributed by atoms with E-state index < -0.39 is 0 Å². The van der Waals surface area contributed by atoms with Gasteiger partial charge in [-0.05, 0) is 36.2 Å². The average molecular weight is 380 g/mol. The Kier molecular flexibility index (Phi) is 5.27. The minimum absolute atomic E-state index is 0.486. The highest BCUT2D eigenvalue weighted by Gasteiger charge is 2.26. The van der Waals surface area contributed by atoms with E-state index in [-0.39, 0.29) is 0 Å². The van der Waals surface area contributed by atoms with Gasteiger partial charge in [-0.2, -0.15) is 0 Å². The van der Waals surface area contributed by atoms with Crippen LogP contribution in [0.2, 0.25) is 0 Å². The van der Waals surface area contributed by atoms with Gasteiger partial charge >= 0.3 is 0 Å². The molecule has 8 heteroatoms. The average Bonchev–Trinajstić information content (AvgIpc) is 3.49. The fourth-order valence-electron chi connectivity index (χ4n) is 3.49. The lowest BCUT2D eigenvalue weighted by Crippen LogP contribution is -2.39. The maximum Gasteiger partial charge on any atom is 0.216 e. The molecule has 0 spiro atoms. The Morgan fingerprint density at radius 2 is 2.21 bits per heavy atom. The first-order chi connectivity index (χ1) is 13.8. The quantitative estimate of drug-likeness (QED) is 0.522. The number of likely N-dealkylation sites (tertiary alicyclic amines) is 1. The molecule has 2 N–H and O–H groups in total. The number of benzene rings is 1. The number of nitrogens with zero attached hydrogens (tertiary/aromatic N) is 4. The van der Waals surface area contributed by atoms with Crippen LogP contribution in [0.5, 0.6) is 5.75 Å². The minimum atomic E-state index is 0.486. The highest BCUT2D eigenvalue weighted by molar-refractivity contribution is 5.80. The fourth-order valence-corrected chi connectivity index (χ4v) is 3.49. The number of aromatic nitrogens is 3. The molecular formula is C20H24N6O2. The number of hydrogen-bond acceptors (Lipinski definition) is 5. The second-order valence-electron chi connectivity index (χ2n) is 6.69. The van der Waals surface area contributed by atoms with Crippen LogP contribution in [0.15, 0.2) is 52.1 Å². The van der Waals surface area contributed by atoms with Crippen LogP contribution in [0.3, 0.4) is 0 Å². The lowest BCUT2D eigenvalue weighted by Gasteiger charge is -2.21. The summed E-state index contributed by atoms with van der Waals surface area (Å²) in [6.45, 7) is 2.41. The number of nitrogens with one attached hydrogen (secondary N) is 2. The van der Waals surface area contributed by atoms with E-state index in [1.165, 1.54) is 5.56 Å². The second kappa shape index (κ2) is 8.16. The Labute approximate surface area is 163 Å². The molecule has 1 aromatic carbocycles. The van der Waals surface area contributed by atoms with Gasteiger partial charge in [-0.15, -0.1) is 5.10 Å². The zero-order chi connectivity index (χ0) is 19.3. The normalized spacial score (nSPS) is 17.1. The molecular weight excluding hydrogens is 356 g/mol. The van der Waals surface area contributed by atoms with Crippen LogP contribution < -0.4 is 10.1 Å². The van der Waals surface area contributed by atoms with Crippen LogP contribution in [0.1, 0.15) is 23.7 Å². The smallest absolute Gasteiger partial charge is 0.216 e. The molecule has 3 heterocycles. The molecule has 1 atom stereocenters. The molecule has 2 aromatic heterocycles. The third-order valence-corrected chi connectivity index (χ3v) is 4.97. The van der Waals surface area contributed by atoms with Crippen molar-refractivity contribution in [3.8, 4) is 17.3 Å². The van der Waals surface area contributed by atoms with Gasteiger partial charge in [0.2, 0.25) is 5.82 Å². The van der Waals surface area contributed by atoms with Crippen LogP contribution in [0.4, 0.5) is 0 Å². The summed E-state index contributed by atoms with van der Waals surface area (Å²) < 4.78 is 10.6. The number of guanidine groups is 1. The van der Waals surface area contributed by atoms with Gasteiger partial charge in [0.05, 0.1) is 19.9 Å². The monoisotopic (exact) mass is 380 g/mol. The first kappa shape index (κ1) is 18.1. The molecule has 3 aromatic rings. The maximum absolute atomic E-state index is 5.32. The van der Waals surface area contributed by atoms with Crippen molar-refractivity contribution >= 4 is 5.96 Å². The Bertz CT molecular complexity index is 917. The van der Waals surface area contributed by atoms with E-state index in [0.717, 1.165) is 37.0 Å². The predicted octanol–water partition coefficient (Wildman–Crippen LogP) is 2.64. The molecule has 1 aliphatic rings. The van der Waals surface area contributed by atoms with E-state index in [1.54, 1.807) is 20.4 Å². The molecule has 1 unspecified atom stereocenters. The third kappa shape index (κ3) is 3.85. The summed E-state index contributed by atoms with van der Waals surface area (Å²) in [6.07, 6.45) is 2.70. The Morgan fingerprint density at radius 3 is 2.93 bits per heavy atom. The third-order valence-electron chi connectivity index (χ3n) is 4.97. The molecule has 1 aliphatic heterocycles. The van der Waals surface area contributed by atoms with Gasteiger partial charge in [-0.3, -0.25) is 10.1 Å². The summed E-state index contributed by atoms with van der Waals surface area (Å²) in [7, 11) is 3.49. The summed E-state index contributed by atoms with van der Waals surface area (Å²) in [4.78, 5) is 11.2. The van der Waals surface area contributed by atoms with Crippen molar-refractivity contribution in [1.82, 2.24) is 25.4 Å². The number of aromatic amines is 1. The van der Waals surface area contributed by atoms with Crippen molar-refractivity contribution in [1.29, 1.82) is 0 Å². The van der Waals surface area contributed by atoms with Crippen LogP contribution in [-0.4, -0.2) is 53.3 Å². The largest absolute Gasteiger partial charge is 0.497 e. The molecule has 4 rings (SSSR count). The Balaban J connectivity index is 1.34. The van der Waals surface area contributed by atoms with Gasteiger partial charge in [0.15, 0.2) is 11.7 Å². The van der Waals surface area contributed by atoms with Gasteiger partial charge in [-0.25, -0.2) is 4.98 Å². The number of aliphatic imine (C=N–C) groups is 1.